The van der Waals surface area contributed by atoms with Crippen molar-refractivity contribution in [3.63, 3.8) is 0 Å². The topological polar surface area (TPSA) is 78.8 Å². The molecule has 0 saturated heterocycles. The molecule has 0 saturated carbocycles. The van der Waals surface area contributed by atoms with E-state index in [-0.39, 0.29) is 42.9 Å². The Morgan fingerprint density at radius 2 is 2.00 bits per heavy atom. The second-order valence-electron chi connectivity index (χ2n) is 5.64. The molecule has 0 bridgehead atoms. The summed E-state index contributed by atoms with van der Waals surface area (Å²) in [5, 5.41) is 16.4. The summed E-state index contributed by atoms with van der Waals surface area (Å²) >= 11 is 0. The number of rotatable bonds is 9. The predicted octanol–water partition coefficient (Wildman–Crippen LogP) is 2.38. The number of nitrogens with one attached hydrogen (secondary N) is 2. The fourth-order valence-corrected chi connectivity index (χ4v) is 2.17. The second kappa shape index (κ2) is 13.3. The highest BCUT2D eigenvalue weighted by atomic mass is 127. The lowest BCUT2D eigenvalue weighted by molar-refractivity contribution is 0.114. The van der Waals surface area contributed by atoms with Gasteiger partial charge < -0.3 is 20.5 Å². The van der Waals surface area contributed by atoms with Gasteiger partial charge in [-0.2, -0.15) is 0 Å². The maximum atomic E-state index is 12.8. The summed E-state index contributed by atoms with van der Waals surface area (Å²) in [5.41, 5.74) is 1.00. The van der Waals surface area contributed by atoms with Crippen LogP contribution in [0.3, 0.4) is 0 Å². The van der Waals surface area contributed by atoms with Gasteiger partial charge in [0.05, 0.1) is 6.54 Å². The van der Waals surface area contributed by atoms with Crippen molar-refractivity contribution in [3.8, 4) is 5.75 Å². The number of ether oxygens (including phenoxy) is 1. The summed E-state index contributed by atoms with van der Waals surface area (Å²) < 4.78 is 18.3. The van der Waals surface area contributed by atoms with Gasteiger partial charge in [0, 0.05) is 31.4 Å². The quantitative estimate of drug-likeness (QED) is 0.287. The Morgan fingerprint density at radius 3 is 2.67 bits per heavy atom. The first kappa shape index (κ1) is 23.1. The van der Waals surface area contributed by atoms with Crippen molar-refractivity contribution in [3.05, 3.63) is 60.2 Å². The first-order valence-corrected chi connectivity index (χ1v) is 8.66. The molecule has 6 nitrogen and oxygen atoms in total. The molecule has 1 atom stereocenters. The van der Waals surface area contributed by atoms with Gasteiger partial charge >= 0.3 is 0 Å². The van der Waals surface area contributed by atoms with Gasteiger partial charge in [-0.1, -0.05) is 6.07 Å². The average Bonchev–Trinajstić information content (AvgIpc) is 2.66. The predicted molar refractivity (Wildman–Crippen MR) is 115 cm³/mol. The maximum absolute atomic E-state index is 12.8. The van der Waals surface area contributed by atoms with E-state index in [0.29, 0.717) is 18.3 Å². The highest BCUT2D eigenvalue weighted by Gasteiger charge is 2.06. The average molecular weight is 488 g/mol. The number of aromatic nitrogens is 1. The van der Waals surface area contributed by atoms with Crippen molar-refractivity contribution in [1.29, 1.82) is 0 Å². The molecule has 0 aliphatic heterocycles. The van der Waals surface area contributed by atoms with Crippen LogP contribution in [0.25, 0.3) is 0 Å². The summed E-state index contributed by atoms with van der Waals surface area (Å²) in [6.07, 6.45) is 1.79. The van der Waals surface area contributed by atoms with E-state index in [4.69, 9.17) is 4.74 Å². The van der Waals surface area contributed by atoms with E-state index in [1.54, 1.807) is 6.20 Å². The van der Waals surface area contributed by atoms with Crippen LogP contribution in [0, 0.1) is 5.82 Å². The van der Waals surface area contributed by atoms with Crippen LogP contribution in [-0.4, -0.2) is 48.4 Å². The number of aliphatic imine (C=N–C) groups is 1. The molecule has 0 amide bonds. The third-order valence-electron chi connectivity index (χ3n) is 3.46. The molecule has 8 heteroatoms. The summed E-state index contributed by atoms with van der Waals surface area (Å²) in [7, 11) is 0. The first-order chi connectivity index (χ1) is 12.7. The highest BCUT2D eigenvalue weighted by molar-refractivity contribution is 14.0. The van der Waals surface area contributed by atoms with E-state index in [9.17, 15) is 9.50 Å². The van der Waals surface area contributed by atoms with Gasteiger partial charge in [0.15, 0.2) is 5.96 Å². The van der Waals surface area contributed by atoms with Gasteiger partial charge in [-0.05, 0) is 43.3 Å². The summed E-state index contributed by atoms with van der Waals surface area (Å²) in [5.74, 6) is 0.814. The Kier molecular flexibility index (Phi) is 11.3. The Bertz CT molecular complexity index is 671. The van der Waals surface area contributed by atoms with Crippen molar-refractivity contribution in [2.75, 3.05) is 26.2 Å². The molecule has 3 N–H and O–H groups in total. The van der Waals surface area contributed by atoms with Crippen molar-refractivity contribution in [1.82, 2.24) is 15.6 Å². The lowest BCUT2D eigenvalue weighted by atomic mass is 10.3. The minimum atomic E-state index is -0.758. The largest absolute Gasteiger partial charge is 0.491 e. The molecule has 0 radical (unpaired) electrons. The Balaban J connectivity index is 0.00000364. The minimum absolute atomic E-state index is 0. The summed E-state index contributed by atoms with van der Waals surface area (Å²) in [4.78, 5) is 8.63. The van der Waals surface area contributed by atoms with Crippen LogP contribution in [0.15, 0.2) is 53.7 Å². The molecule has 1 aromatic heterocycles. The van der Waals surface area contributed by atoms with Gasteiger partial charge in [-0.25, -0.2) is 4.39 Å². The molecule has 1 aromatic carbocycles. The van der Waals surface area contributed by atoms with Crippen LogP contribution in [-0.2, 0) is 6.42 Å². The fraction of sp³-hybridized carbons (Fsp3) is 0.368. The molecule has 2 rings (SSSR count). The number of aliphatic hydroxyl groups excluding tert-OH is 1. The van der Waals surface area contributed by atoms with Crippen LogP contribution < -0.4 is 15.4 Å². The molecule has 1 heterocycles. The van der Waals surface area contributed by atoms with Gasteiger partial charge in [-0.15, -0.1) is 24.0 Å². The van der Waals surface area contributed by atoms with Crippen LogP contribution in [0.5, 0.6) is 5.75 Å². The zero-order chi connectivity index (χ0) is 18.6. The molecule has 27 heavy (non-hydrogen) atoms. The molecular weight excluding hydrogens is 462 g/mol. The Hall–Kier alpha value is -1.94. The summed E-state index contributed by atoms with van der Waals surface area (Å²) in [6.45, 7) is 3.66. The molecule has 0 aliphatic rings. The number of pyridine rings is 1. The maximum Gasteiger partial charge on any atom is 0.191 e. The minimum Gasteiger partial charge on any atom is -0.491 e. The number of aliphatic hydroxyl groups is 1. The number of halogens is 2. The Labute approximate surface area is 176 Å². The van der Waals surface area contributed by atoms with Crippen LogP contribution in [0.1, 0.15) is 12.6 Å². The van der Waals surface area contributed by atoms with Crippen molar-refractivity contribution >= 4 is 29.9 Å². The molecular formula is C19H26FIN4O2. The van der Waals surface area contributed by atoms with Crippen LogP contribution in [0.2, 0.25) is 0 Å². The van der Waals surface area contributed by atoms with Gasteiger partial charge in [0.2, 0.25) is 0 Å². The van der Waals surface area contributed by atoms with E-state index in [1.165, 1.54) is 24.3 Å². The van der Waals surface area contributed by atoms with Crippen LogP contribution in [0.4, 0.5) is 4.39 Å². The molecule has 0 spiro atoms. The Morgan fingerprint density at radius 1 is 1.22 bits per heavy atom. The third kappa shape index (κ3) is 9.53. The lowest BCUT2D eigenvalue weighted by Gasteiger charge is -2.13. The monoisotopic (exact) mass is 488 g/mol. The lowest BCUT2D eigenvalue weighted by Crippen LogP contribution is -2.39. The molecule has 148 valence electrons. The molecule has 1 unspecified atom stereocenters. The van der Waals surface area contributed by atoms with E-state index in [2.05, 4.69) is 20.6 Å². The van der Waals surface area contributed by atoms with E-state index < -0.39 is 6.10 Å². The SMILES string of the molecule is CCNC(=NCC(O)COc1ccc(F)cc1)NCCc1ccccn1.I. The van der Waals surface area contributed by atoms with Gasteiger partial charge in [0.1, 0.15) is 24.3 Å². The van der Waals surface area contributed by atoms with Crippen molar-refractivity contribution < 1.29 is 14.2 Å². The van der Waals surface area contributed by atoms with Crippen LogP contribution >= 0.6 is 24.0 Å². The van der Waals surface area contributed by atoms with Gasteiger partial charge in [0.25, 0.3) is 0 Å². The summed E-state index contributed by atoms with van der Waals surface area (Å²) in [6, 6.07) is 11.5. The number of guanidine groups is 1. The van der Waals surface area contributed by atoms with E-state index in [1.807, 2.05) is 25.1 Å². The number of nitrogens with zero attached hydrogens (tertiary/aromatic N) is 2. The van der Waals surface area contributed by atoms with E-state index >= 15 is 0 Å². The fourth-order valence-electron chi connectivity index (χ4n) is 2.17. The number of hydrogen-bond acceptors (Lipinski definition) is 4. The van der Waals surface area contributed by atoms with Crippen molar-refractivity contribution in [2.24, 2.45) is 4.99 Å². The molecule has 2 aromatic rings. The zero-order valence-corrected chi connectivity index (χ0v) is 17.6. The molecule has 0 aliphatic carbocycles. The smallest absolute Gasteiger partial charge is 0.191 e. The second-order valence-corrected chi connectivity index (χ2v) is 5.64. The third-order valence-corrected chi connectivity index (χ3v) is 3.46. The molecule has 0 fully saturated rings. The highest BCUT2D eigenvalue weighted by Crippen LogP contribution is 2.11. The zero-order valence-electron chi connectivity index (χ0n) is 15.3. The number of hydrogen-bond donors (Lipinski definition) is 3. The normalized spacial score (nSPS) is 12.0. The first-order valence-electron chi connectivity index (χ1n) is 8.66. The van der Waals surface area contributed by atoms with Crippen molar-refractivity contribution in [2.45, 2.75) is 19.4 Å². The van der Waals surface area contributed by atoms with Gasteiger partial charge in [-0.3, -0.25) is 9.98 Å². The van der Waals surface area contributed by atoms with E-state index in [0.717, 1.165) is 18.7 Å². The standard InChI is InChI=1S/C19H25FN4O2.HI/c1-2-21-19(23-12-10-16-5-3-4-11-22-16)24-13-17(25)14-26-18-8-6-15(20)7-9-18;/h3-9,11,17,25H,2,10,12-14H2,1H3,(H2,21,23,24);1H. The number of benzene rings is 1.